The number of ether oxygens (including phenoxy) is 2. The number of aliphatic hydroxyl groups excluding tert-OH is 1. The van der Waals surface area contributed by atoms with Crippen LogP contribution in [-0.4, -0.2) is 51.2 Å². The molecule has 5 aliphatic rings. The Bertz CT molecular complexity index is 958. The molecule has 4 aliphatic carbocycles. The van der Waals surface area contributed by atoms with Crippen molar-refractivity contribution in [3.8, 4) is 0 Å². The van der Waals surface area contributed by atoms with Crippen molar-refractivity contribution >= 4 is 11.8 Å². The molecule has 6 nitrogen and oxygen atoms in total. The maximum Gasteiger partial charge on any atom is 0.339 e. The number of carbonyl (C=O) groups is 2. The second-order valence-corrected chi connectivity index (χ2v) is 10.8. The number of alkyl halides is 1. The maximum absolute atomic E-state index is 17.1. The van der Waals surface area contributed by atoms with E-state index in [1.54, 1.807) is 20.8 Å². The number of fused-ring (bicyclic) bond motifs is 7. The van der Waals surface area contributed by atoms with E-state index in [-0.39, 0.29) is 37.0 Å². The van der Waals surface area contributed by atoms with E-state index in [1.807, 2.05) is 0 Å². The molecule has 0 aromatic heterocycles. The number of carboxylic acid groups (broad SMARTS) is 1. The van der Waals surface area contributed by atoms with E-state index >= 15 is 8.78 Å². The highest BCUT2D eigenvalue weighted by Gasteiger charge is 2.81. The standard InChI is InChI=1S/C23H28F2O6/c1-19(2)30-17-9-12-13-8-15(24)14-7-11(26)5-6-20(14,3)22(13,25)16(27)10-21(12,4)23(17,31-19)18(28)29/h5-6,12-13,16-17,27H,7-10H2,1-4H3,(H,28,29)/t12?,13?,16-,17+,20?,21?,22-,23-/m0/s1. The van der Waals surface area contributed by atoms with Gasteiger partial charge in [0.1, 0.15) is 11.9 Å². The van der Waals surface area contributed by atoms with Crippen LogP contribution in [0.25, 0.3) is 0 Å². The molecule has 0 aromatic carbocycles. The predicted octanol–water partition coefficient (Wildman–Crippen LogP) is 3.24. The molecule has 2 saturated carbocycles. The first-order chi connectivity index (χ1) is 14.2. The van der Waals surface area contributed by atoms with Crippen LogP contribution in [0, 0.1) is 22.7 Å². The van der Waals surface area contributed by atoms with Crippen LogP contribution >= 0.6 is 0 Å². The highest BCUT2D eigenvalue weighted by molar-refractivity contribution is 5.93. The lowest BCUT2D eigenvalue weighted by atomic mass is 9.45. The fraction of sp³-hybridized carbons (Fsp3) is 0.739. The summed E-state index contributed by atoms with van der Waals surface area (Å²) in [6, 6.07) is 0. The third-order valence-electron chi connectivity index (χ3n) is 8.97. The molecule has 0 spiro atoms. The maximum atomic E-state index is 17.1. The Balaban J connectivity index is 1.67. The van der Waals surface area contributed by atoms with Crippen molar-refractivity contribution < 1.29 is 38.1 Å². The van der Waals surface area contributed by atoms with E-state index in [4.69, 9.17) is 9.47 Å². The number of carbonyl (C=O) groups excluding carboxylic acids is 1. The molecule has 0 aromatic rings. The SMILES string of the molecule is CC1(C)O[C@@H]2CC3C4CC(F)=C5CC(=O)C=CC5(C)[C@@]4(F)[C@@H](O)CC3(C)[C@]2(C(=O)O)O1. The Morgan fingerprint density at radius 2 is 1.90 bits per heavy atom. The summed E-state index contributed by atoms with van der Waals surface area (Å²) >= 11 is 0. The first kappa shape index (κ1) is 21.2. The minimum absolute atomic E-state index is 0.0844. The van der Waals surface area contributed by atoms with Gasteiger partial charge in [0, 0.05) is 29.6 Å². The number of hydrogen-bond acceptors (Lipinski definition) is 5. The van der Waals surface area contributed by atoms with Gasteiger partial charge in [0.2, 0.25) is 0 Å². The van der Waals surface area contributed by atoms with E-state index in [2.05, 4.69) is 0 Å². The smallest absolute Gasteiger partial charge is 0.339 e. The zero-order chi connectivity index (χ0) is 22.8. The number of carboxylic acids is 1. The molecule has 8 atom stereocenters. The van der Waals surface area contributed by atoms with Gasteiger partial charge in [0.25, 0.3) is 0 Å². The average Bonchev–Trinajstić information content (AvgIpc) is 3.06. The molecule has 5 rings (SSSR count). The Morgan fingerprint density at radius 1 is 1.23 bits per heavy atom. The van der Waals surface area contributed by atoms with Gasteiger partial charge >= 0.3 is 5.97 Å². The first-order valence-electron chi connectivity index (χ1n) is 10.8. The lowest BCUT2D eigenvalue weighted by Gasteiger charge is -2.62. The second-order valence-electron chi connectivity index (χ2n) is 10.8. The Hall–Kier alpha value is -1.64. The van der Waals surface area contributed by atoms with Crippen molar-refractivity contribution in [2.24, 2.45) is 22.7 Å². The van der Waals surface area contributed by atoms with Crippen LogP contribution in [0.5, 0.6) is 0 Å². The third kappa shape index (κ3) is 2.21. The van der Waals surface area contributed by atoms with Gasteiger partial charge in [-0.15, -0.1) is 0 Å². The van der Waals surface area contributed by atoms with E-state index in [1.165, 1.54) is 19.1 Å². The average molecular weight is 438 g/mol. The van der Waals surface area contributed by atoms with Crippen LogP contribution in [0.2, 0.25) is 0 Å². The third-order valence-corrected chi connectivity index (χ3v) is 8.97. The predicted molar refractivity (Wildman–Crippen MR) is 104 cm³/mol. The molecule has 0 amide bonds. The molecular formula is C23H28F2O6. The highest BCUT2D eigenvalue weighted by atomic mass is 19.1. The molecule has 1 aliphatic heterocycles. The fourth-order valence-electron chi connectivity index (χ4n) is 7.65. The zero-order valence-electron chi connectivity index (χ0n) is 18.1. The van der Waals surface area contributed by atoms with Gasteiger partial charge in [-0.3, -0.25) is 4.79 Å². The molecule has 0 radical (unpaired) electrons. The lowest BCUT2D eigenvalue weighted by molar-refractivity contribution is -0.249. The summed E-state index contributed by atoms with van der Waals surface area (Å²) in [6.07, 6.45) is -0.237. The number of aliphatic hydroxyl groups is 1. The van der Waals surface area contributed by atoms with Crippen molar-refractivity contribution in [1.29, 1.82) is 0 Å². The Morgan fingerprint density at radius 3 is 2.55 bits per heavy atom. The van der Waals surface area contributed by atoms with E-state index in [0.717, 1.165) is 0 Å². The molecule has 1 saturated heterocycles. The Kier molecular flexibility index (Phi) is 3.99. The summed E-state index contributed by atoms with van der Waals surface area (Å²) in [6.45, 7) is 6.49. The molecule has 1 heterocycles. The van der Waals surface area contributed by atoms with Crippen LogP contribution in [0.3, 0.4) is 0 Å². The van der Waals surface area contributed by atoms with Crippen molar-refractivity contribution in [3.05, 3.63) is 23.6 Å². The van der Waals surface area contributed by atoms with E-state index in [9.17, 15) is 19.8 Å². The quantitative estimate of drug-likeness (QED) is 0.653. The van der Waals surface area contributed by atoms with Gasteiger partial charge in [-0.05, 0) is 51.2 Å². The number of halogens is 2. The summed E-state index contributed by atoms with van der Waals surface area (Å²) in [7, 11) is 0. The van der Waals surface area contributed by atoms with Crippen LogP contribution in [0.4, 0.5) is 8.78 Å². The van der Waals surface area contributed by atoms with Crippen LogP contribution in [-0.2, 0) is 19.1 Å². The van der Waals surface area contributed by atoms with Crippen molar-refractivity contribution in [2.45, 2.75) is 82.6 Å². The highest BCUT2D eigenvalue weighted by Crippen LogP contribution is 2.72. The largest absolute Gasteiger partial charge is 0.479 e. The Labute approximate surface area is 179 Å². The zero-order valence-corrected chi connectivity index (χ0v) is 18.1. The van der Waals surface area contributed by atoms with Crippen molar-refractivity contribution in [3.63, 3.8) is 0 Å². The van der Waals surface area contributed by atoms with Crippen molar-refractivity contribution in [1.82, 2.24) is 0 Å². The molecule has 2 N–H and O–H groups in total. The molecular weight excluding hydrogens is 410 g/mol. The monoisotopic (exact) mass is 438 g/mol. The molecule has 0 bridgehead atoms. The van der Waals surface area contributed by atoms with Gasteiger partial charge in [-0.25, -0.2) is 13.6 Å². The minimum Gasteiger partial charge on any atom is -0.479 e. The number of hydrogen-bond donors (Lipinski definition) is 2. The summed E-state index contributed by atoms with van der Waals surface area (Å²) in [5, 5.41) is 21.5. The van der Waals surface area contributed by atoms with Crippen molar-refractivity contribution in [2.75, 3.05) is 0 Å². The van der Waals surface area contributed by atoms with Crippen LogP contribution in [0.1, 0.15) is 53.4 Å². The first-order valence-corrected chi connectivity index (χ1v) is 10.8. The summed E-state index contributed by atoms with van der Waals surface area (Å²) < 4.78 is 44.3. The fourth-order valence-corrected chi connectivity index (χ4v) is 7.65. The van der Waals surface area contributed by atoms with Gasteiger partial charge in [-0.1, -0.05) is 13.0 Å². The lowest BCUT2D eigenvalue weighted by Crippen LogP contribution is -2.69. The summed E-state index contributed by atoms with van der Waals surface area (Å²) in [5.74, 6) is -4.77. The topological polar surface area (TPSA) is 93.1 Å². The van der Waals surface area contributed by atoms with Gasteiger partial charge in [-0.2, -0.15) is 0 Å². The van der Waals surface area contributed by atoms with Gasteiger partial charge < -0.3 is 19.7 Å². The minimum atomic E-state index is -2.24. The van der Waals surface area contributed by atoms with E-state index < -0.39 is 63.7 Å². The van der Waals surface area contributed by atoms with Gasteiger partial charge in [0.15, 0.2) is 22.8 Å². The normalized spacial score (nSPS) is 52.4. The molecule has 170 valence electrons. The van der Waals surface area contributed by atoms with E-state index in [0.29, 0.717) is 0 Å². The number of rotatable bonds is 1. The number of ketones is 1. The molecule has 4 unspecified atom stereocenters. The molecule has 8 heteroatoms. The summed E-state index contributed by atoms with van der Waals surface area (Å²) in [4.78, 5) is 24.5. The number of aliphatic carboxylic acids is 1. The molecule has 3 fully saturated rings. The summed E-state index contributed by atoms with van der Waals surface area (Å²) in [5.41, 5.74) is -6.57. The van der Waals surface area contributed by atoms with Gasteiger partial charge in [0.05, 0.1) is 6.10 Å². The van der Waals surface area contributed by atoms with Crippen LogP contribution < -0.4 is 0 Å². The molecule has 31 heavy (non-hydrogen) atoms. The van der Waals surface area contributed by atoms with Crippen LogP contribution in [0.15, 0.2) is 23.6 Å². The second kappa shape index (κ2) is 5.83. The number of allylic oxidation sites excluding steroid dienone is 4.